The van der Waals surface area contributed by atoms with Crippen LogP contribution >= 0.6 is 0 Å². The standard InChI is InChI=1S/C11H12N2O2/c14-10-9(12-11(15)13-10)7-6-8-4-2-1-3-5-8/h1-5,9H,6-7H2,(H2,12,13,14,15)/t9-/m0/s1. The molecule has 0 bridgehead atoms. The van der Waals surface area contributed by atoms with Gasteiger partial charge in [0.05, 0.1) is 0 Å². The van der Waals surface area contributed by atoms with Gasteiger partial charge in [0, 0.05) is 0 Å². The largest absolute Gasteiger partial charge is 0.326 e. The summed E-state index contributed by atoms with van der Waals surface area (Å²) >= 11 is 0. The van der Waals surface area contributed by atoms with Crippen LogP contribution in [0.15, 0.2) is 30.3 Å². The van der Waals surface area contributed by atoms with Crippen LogP contribution in [0.1, 0.15) is 12.0 Å². The van der Waals surface area contributed by atoms with Crippen LogP contribution in [0.2, 0.25) is 0 Å². The summed E-state index contributed by atoms with van der Waals surface area (Å²) in [6.45, 7) is 0. The van der Waals surface area contributed by atoms with Crippen molar-refractivity contribution in [2.24, 2.45) is 0 Å². The minimum atomic E-state index is -0.391. The highest BCUT2D eigenvalue weighted by molar-refractivity contribution is 6.04. The van der Waals surface area contributed by atoms with Gasteiger partial charge in [-0.2, -0.15) is 0 Å². The summed E-state index contributed by atoms with van der Waals surface area (Å²) in [7, 11) is 0. The first-order valence-electron chi connectivity index (χ1n) is 4.91. The Bertz CT molecular complexity index is 375. The topological polar surface area (TPSA) is 58.2 Å². The summed E-state index contributed by atoms with van der Waals surface area (Å²) in [5.41, 5.74) is 1.17. The number of imide groups is 1. The van der Waals surface area contributed by atoms with Gasteiger partial charge in [-0.05, 0) is 18.4 Å². The van der Waals surface area contributed by atoms with Crippen LogP contribution in [-0.4, -0.2) is 18.0 Å². The second-order valence-corrected chi connectivity index (χ2v) is 3.54. The fraction of sp³-hybridized carbons (Fsp3) is 0.273. The van der Waals surface area contributed by atoms with Gasteiger partial charge in [-0.1, -0.05) is 30.3 Å². The maximum Gasteiger partial charge on any atom is 0.322 e. The molecule has 78 valence electrons. The highest BCUT2D eigenvalue weighted by Crippen LogP contribution is 2.07. The number of carbonyl (C=O) groups excluding carboxylic acids is 2. The molecule has 1 saturated heterocycles. The van der Waals surface area contributed by atoms with Crippen molar-refractivity contribution < 1.29 is 9.59 Å². The molecule has 2 rings (SSSR count). The first-order chi connectivity index (χ1) is 7.25. The lowest BCUT2D eigenvalue weighted by Gasteiger charge is -2.06. The first kappa shape index (κ1) is 9.71. The maximum absolute atomic E-state index is 11.2. The minimum Gasteiger partial charge on any atom is -0.326 e. The quantitative estimate of drug-likeness (QED) is 0.716. The highest BCUT2D eigenvalue weighted by atomic mass is 16.2. The average Bonchev–Trinajstić information content (AvgIpc) is 2.56. The summed E-state index contributed by atoms with van der Waals surface area (Å²) < 4.78 is 0. The Morgan fingerprint density at radius 2 is 1.87 bits per heavy atom. The van der Waals surface area contributed by atoms with Gasteiger partial charge in [0.25, 0.3) is 5.91 Å². The van der Waals surface area contributed by atoms with Crippen LogP contribution < -0.4 is 10.6 Å². The Morgan fingerprint density at radius 1 is 1.13 bits per heavy atom. The number of urea groups is 1. The number of rotatable bonds is 3. The molecule has 0 radical (unpaired) electrons. The van der Waals surface area contributed by atoms with Gasteiger partial charge >= 0.3 is 6.03 Å². The van der Waals surface area contributed by atoms with Crippen LogP contribution in [0.5, 0.6) is 0 Å². The fourth-order valence-electron chi connectivity index (χ4n) is 1.62. The molecule has 0 saturated carbocycles. The molecule has 1 heterocycles. The number of benzene rings is 1. The van der Waals surface area contributed by atoms with E-state index >= 15 is 0 Å². The van der Waals surface area contributed by atoms with E-state index in [2.05, 4.69) is 10.6 Å². The highest BCUT2D eigenvalue weighted by Gasteiger charge is 2.28. The Morgan fingerprint density at radius 3 is 2.47 bits per heavy atom. The molecule has 0 aromatic heterocycles. The van der Waals surface area contributed by atoms with Crippen molar-refractivity contribution in [3.8, 4) is 0 Å². The number of hydrogen-bond donors (Lipinski definition) is 2. The van der Waals surface area contributed by atoms with Crippen molar-refractivity contribution in [1.82, 2.24) is 10.6 Å². The van der Waals surface area contributed by atoms with Crippen molar-refractivity contribution in [3.63, 3.8) is 0 Å². The van der Waals surface area contributed by atoms with Crippen LogP contribution in [0.3, 0.4) is 0 Å². The van der Waals surface area contributed by atoms with Gasteiger partial charge in [-0.25, -0.2) is 4.79 Å². The number of hydrogen-bond acceptors (Lipinski definition) is 2. The SMILES string of the molecule is O=C1NC(=O)[C@H](CCc2ccccc2)N1. The van der Waals surface area contributed by atoms with Gasteiger partial charge in [-0.3, -0.25) is 10.1 Å². The summed E-state index contributed by atoms with van der Waals surface area (Å²) in [4.78, 5) is 22.0. The Balaban J connectivity index is 1.89. The monoisotopic (exact) mass is 204 g/mol. The Kier molecular flexibility index (Phi) is 2.67. The third-order valence-electron chi connectivity index (χ3n) is 2.42. The molecule has 1 aliphatic rings. The third kappa shape index (κ3) is 2.34. The van der Waals surface area contributed by atoms with Crippen molar-refractivity contribution in [1.29, 1.82) is 0 Å². The first-order valence-corrected chi connectivity index (χ1v) is 4.91. The zero-order valence-corrected chi connectivity index (χ0v) is 8.19. The van der Waals surface area contributed by atoms with E-state index in [4.69, 9.17) is 0 Å². The fourth-order valence-corrected chi connectivity index (χ4v) is 1.62. The Hall–Kier alpha value is -1.84. The smallest absolute Gasteiger partial charge is 0.322 e. The van der Waals surface area contributed by atoms with Crippen LogP contribution in [-0.2, 0) is 11.2 Å². The average molecular weight is 204 g/mol. The maximum atomic E-state index is 11.2. The summed E-state index contributed by atoms with van der Waals surface area (Å²) in [6.07, 6.45) is 1.43. The van der Waals surface area contributed by atoms with Gasteiger partial charge in [0.2, 0.25) is 0 Å². The third-order valence-corrected chi connectivity index (χ3v) is 2.42. The van der Waals surface area contributed by atoms with E-state index < -0.39 is 6.03 Å². The van der Waals surface area contributed by atoms with Gasteiger partial charge in [-0.15, -0.1) is 0 Å². The van der Waals surface area contributed by atoms with Crippen LogP contribution in [0.25, 0.3) is 0 Å². The van der Waals surface area contributed by atoms with E-state index in [1.165, 1.54) is 5.56 Å². The number of amides is 3. The van der Waals surface area contributed by atoms with Crippen molar-refractivity contribution >= 4 is 11.9 Å². The molecular weight excluding hydrogens is 192 g/mol. The molecule has 2 N–H and O–H groups in total. The van der Waals surface area contributed by atoms with E-state index in [0.717, 1.165) is 6.42 Å². The molecule has 0 unspecified atom stereocenters. The zero-order valence-electron chi connectivity index (χ0n) is 8.19. The molecule has 4 heteroatoms. The predicted molar refractivity (Wildman–Crippen MR) is 55.2 cm³/mol. The molecule has 1 aliphatic heterocycles. The van der Waals surface area contributed by atoms with E-state index in [0.29, 0.717) is 6.42 Å². The second-order valence-electron chi connectivity index (χ2n) is 3.54. The predicted octanol–water partition coefficient (Wildman–Crippen LogP) is 0.827. The molecule has 1 atom stereocenters. The number of nitrogens with one attached hydrogen (secondary N) is 2. The second kappa shape index (κ2) is 4.13. The van der Waals surface area contributed by atoms with E-state index in [1.54, 1.807) is 0 Å². The molecule has 4 nitrogen and oxygen atoms in total. The van der Waals surface area contributed by atoms with Crippen molar-refractivity contribution in [2.45, 2.75) is 18.9 Å². The summed E-state index contributed by atoms with van der Waals surface area (Å²) in [5, 5.41) is 4.79. The molecule has 0 spiro atoms. The molecule has 1 aromatic carbocycles. The number of aryl methyl sites for hydroxylation is 1. The van der Waals surface area contributed by atoms with Gasteiger partial charge < -0.3 is 5.32 Å². The molecule has 1 fully saturated rings. The van der Waals surface area contributed by atoms with Gasteiger partial charge in [0.1, 0.15) is 6.04 Å². The number of carbonyl (C=O) groups is 2. The van der Waals surface area contributed by atoms with Crippen molar-refractivity contribution in [3.05, 3.63) is 35.9 Å². The van der Waals surface area contributed by atoms with E-state index in [-0.39, 0.29) is 11.9 Å². The van der Waals surface area contributed by atoms with E-state index in [9.17, 15) is 9.59 Å². The minimum absolute atomic E-state index is 0.226. The van der Waals surface area contributed by atoms with Crippen molar-refractivity contribution in [2.75, 3.05) is 0 Å². The Labute approximate surface area is 87.7 Å². The molecule has 0 aliphatic carbocycles. The van der Waals surface area contributed by atoms with Crippen LogP contribution in [0.4, 0.5) is 4.79 Å². The lowest BCUT2D eigenvalue weighted by molar-refractivity contribution is -0.120. The lowest BCUT2D eigenvalue weighted by Crippen LogP contribution is -2.29. The molecule has 15 heavy (non-hydrogen) atoms. The summed E-state index contributed by atoms with van der Waals surface area (Å²) in [5.74, 6) is -0.226. The van der Waals surface area contributed by atoms with E-state index in [1.807, 2.05) is 30.3 Å². The normalized spacial score (nSPS) is 19.9. The molecular formula is C11H12N2O2. The summed E-state index contributed by atoms with van der Waals surface area (Å²) in [6, 6.07) is 9.12. The zero-order chi connectivity index (χ0) is 10.7. The lowest BCUT2D eigenvalue weighted by atomic mass is 10.1. The molecule has 3 amide bonds. The van der Waals surface area contributed by atoms with Gasteiger partial charge in [0.15, 0.2) is 0 Å². The van der Waals surface area contributed by atoms with Crippen LogP contribution in [0, 0.1) is 0 Å². The molecule has 1 aromatic rings.